The molecule has 5 nitrogen and oxygen atoms in total. The first-order chi connectivity index (χ1) is 21.5. The molecule has 2 atom stereocenters. The van der Waals surface area contributed by atoms with E-state index in [0.29, 0.717) is 12.8 Å². The number of aliphatic hydroxyl groups is 1. The van der Waals surface area contributed by atoms with Gasteiger partial charge in [0.1, 0.15) is 6.61 Å². The average molecular weight is 625 g/mol. The van der Waals surface area contributed by atoms with E-state index in [4.69, 9.17) is 9.47 Å². The van der Waals surface area contributed by atoms with E-state index in [9.17, 15) is 14.7 Å². The maximum Gasteiger partial charge on any atom is 0.306 e. The summed E-state index contributed by atoms with van der Waals surface area (Å²) in [5.41, 5.74) is 0. The highest BCUT2D eigenvalue weighted by Gasteiger charge is 2.16. The molecule has 0 amide bonds. The normalized spacial score (nSPS) is 12.7. The van der Waals surface area contributed by atoms with Gasteiger partial charge in [-0.15, -0.1) is 0 Å². The van der Waals surface area contributed by atoms with Gasteiger partial charge < -0.3 is 14.6 Å². The topological polar surface area (TPSA) is 72.8 Å². The Bertz CT molecular complexity index is 607. The largest absolute Gasteiger partial charge is 0.462 e. The Kier molecular flexibility index (Phi) is 33.9. The molecule has 0 fully saturated rings. The van der Waals surface area contributed by atoms with Crippen LogP contribution in [0.3, 0.4) is 0 Å². The molecule has 0 aliphatic heterocycles. The highest BCUT2D eigenvalue weighted by Crippen LogP contribution is 2.16. The molecule has 0 bridgehead atoms. The molecule has 1 N–H and O–H groups in total. The lowest BCUT2D eigenvalue weighted by Gasteiger charge is -2.15. The van der Waals surface area contributed by atoms with Gasteiger partial charge in [0, 0.05) is 12.8 Å². The Morgan fingerprint density at radius 3 is 1.27 bits per heavy atom. The fraction of sp³-hybridized carbons (Fsp3) is 0.949. The fourth-order valence-corrected chi connectivity index (χ4v) is 5.82. The number of hydrogen-bond acceptors (Lipinski definition) is 5. The van der Waals surface area contributed by atoms with Crippen LogP contribution in [0.1, 0.15) is 213 Å². The van der Waals surface area contributed by atoms with E-state index in [-0.39, 0.29) is 25.2 Å². The van der Waals surface area contributed by atoms with Crippen molar-refractivity contribution >= 4 is 11.9 Å². The first-order valence-electron chi connectivity index (χ1n) is 19.5. The molecule has 0 spiro atoms. The van der Waals surface area contributed by atoms with Crippen molar-refractivity contribution in [1.29, 1.82) is 0 Å². The summed E-state index contributed by atoms with van der Waals surface area (Å²) in [5, 5.41) is 9.54. The second-order valence-corrected chi connectivity index (χ2v) is 13.6. The van der Waals surface area contributed by atoms with E-state index in [0.717, 1.165) is 38.0 Å². The molecule has 0 saturated carbocycles. The second-order valence-electron chi connectivity index (χ2n) is 13.6. The molecule has 0 aromatic rings. The first kappa shape index (κ1) is 42.9. The van der Waals surface area contributed by atoms with Gasteiger partial charge in [0.05, 0.1) is 6.61 Å². The number of ether oxygens (including phenoxy) is 2. The molecule has 0 aromatic heterocycles. The summed E-state index contributed by atoms with van der Waals surface area (Å²) in [6.07, 6.45) is 35.8. The van der Waals surface area contributed by atoms with E-state index in [1.165, 1.54) is 148 Å². The van der Waals surface area contributed by atoms with Crippen molar-refractivity contribution in [2.75, 3.05) is 13.2 Å². The van der Waals surface area contributed by atoms with Gasteiger partial charge in [-0.05, 0) is 18.8 Å². The summed E-state index contributed by atoms with van der Waals surface area (Å²) in [4.78, 5) is 24.2. The standard InChI is InChI=1S/C39H76O5/c1-4-6-7-8-9-10-11-12-13-14-15-16-20-23-26-29-32-38(41)43-35-37(34-40)44-39(42)33-30-27-24-21-18-17-19-22-25-28-31-36(3)5-2/h36-37,40H,4-35H2,1-3H3/t36?,37-/m0/s1. The van der Waals surface area contributed by atoms with Crippen LogP contribution in [0.2, 0.25) is 0 Å². The molecule has 5 heteroatoms. The summed E-state index contributed by atoms with van der Waals surface area (Å²) in [6.45, 7) is 6.52. The van der Waals surface area contributed by atoms with Crippen molar-refractivity contribution in [2.45, 2.75) is 219 Å². The van der Waals surface area contributed by atoms with Crippen LogP contribution in [-0.2, 0) is 19.1 Å². The molecular formula is C39H76O5. The monoisotopic (exact) mass is 625 g/mol. The zero-order valence-electron chi connectivity index (χ0n) is 29.9. The van der Waals surface area contributed by atoms with Gasteiger partial charge in [-0.1, -0.05) is 188 Å². The molecule has 262 valence electrons. The summed E-state index contributed by atoms with van der Waals surface area (Å²) >= 11 is 0. The van der Waals surface area contributed by atoms with Gasteiger partial charge in [0.15, 0.2) is 6.10 Å². The van der Waals surface area contributed by atoms with E-state index in [1.807, 2.05) is 0 Å². The van der Waals surface area contributed by atoms with Crippen LogP contribution in [0.15, 0.2) is 0 Å². The van der Waals surface area contributed by atoms with Crippen LogP contribution in [0.5, 0.6) is 0 Å². The Balaban J connectivity index is 3.51. The zero-order valence-corrected chi connectivity index (χ0v) is 29.9. The minimum absolute atomic E-state index is 0.0580. The quantitative estimate of drug-likeness (QED) is 0.0561. The van der Waals surface area contributed by atoms with Crippen molar-refractivity contribution in [3.63, 3.8) is 0 Å². The average Bonchev–Trinajstić information content (AvgIpc) is 3.03. The van der Waals surface area contributed by atoms with Crippen LogP contribution < -0.4 is 0 Å². The van der Waals surface area contributed by atoms with Gasteiger partial charge in [-0.3, -0.25) is 9.59 Å². The number of esters is 2. The van der Waals surface area contributed by atoms with Crippen molar-refractivity contribution in [1.82, 2.24) is 0 Å². The third kappa shape index (κ3) is 32.3. The molecule has 0 aliphatic rings. The predicted molar refractivity (Wildman–Crippen MR) is 187 cm³/mol. The zero-order chi connectivity index (χ0) is 32.4. The minimum atomic E-state index is -0.762. The van der Waals surface area contributed by atoms with Gasteiger partial charge >= 0.3 is 11.9 Å². The number of unbranched alkanes of at least 4 members (excludes halogenated alkanes) is 24. The summed E-state index contributed by atoms with van der Waals surface area (Å²) in [7, 11) is 0. The van der Waals surface area contributed by atoms with E-state index in [1.54, 1.807) is 0 Å². The number of rotatable bonds is 35. The molecule has 0 radical (unpaired) electrons. The first-order valence-corrected chi connectivity index (χ1v) is 19.5. The molecule has 1 unspecified atom stereocenters. The van der Waals surface area contributed by atoms with Gasteiger partial charge in [0.2, 0.25) is 0 Å². The van der Waals surface area contributed by atoms with E-state index >= 15 is 0 Å². The maximum absolute atomic E-state index is 12.1. The van der Waals surface area contributed by atoms with Gasteiger partial charge in [-0.2, -0.15) is 0 Å². The Hall–Kier alpha value is -1.10. The molecule has 0 heterocycles. The molecule has 0 aliphatic carbocycles. The summed E-state index contributed by atoms with van der Waals surface area (Å²) < 4.78 is 10.6. The number of aliphatic hydroxyl groups excluding tert-OH is 1. The number of carbonyl (C=O) groups excluding carboxylic acids is 2. The second kappa shape index (κ2) is 34.8. The van der Waals surface area contributed by atoms with Crippen LogP contribution >= 0.6 is 0 Å². The van der Waals surface area contributed by atoms with Crippen LogP contribution in [-0.4, -0.2) is 36.4 Å². The highest BCUT2D eigenvalue weighted by atomic mass is 16.6. The summed E-state index contributed by atoms with van der Waals surface area (Å²) in [6, 6.07) is 0. The lowest BCUT2D eigenvalue weighted by Crippen LogP contribution is -2.28. The van der Waals surface area contributed by atoms with Crippen LogP contribution in [0, 0.1) is 5.92 Å². The Morgan fingerprint density at radius 1 is 0.523 bits per heavy atom. The number of hydrogen-bond donors (Lipinski definition) is 1. The van der Waals surface area contributed by atoms with Crippen LogP contribution in [0.4, 0.5) is 0 Å². The predicted octanol–water partition coefficient (Wildman–Crippen LogP) is 11.8. The third-order valence-electron chi connectivity index (χ3n) is 9.19. The molecule has 44 heavy (non-hydrogen) atoms. The summed E-state index contributed by atoms with van der Waals surface area (Å²) in [5.74, 6) is 0.300. The Labute approximate surface area is 274 Å². The fourth-order valence-electron chi connectivity index (χ4n) is 5.82. The van der Waals surface area contributed by atoms with Crippen molar-refractivity contribution in [3.8, 4) is 0 Å². The van der Waals surface area contributed by atoms with Crippen molar-refractivity contribution < 1.29 is 24.2 Å². The molecule has 0 saturated heterocycles. The molecular weight excluding hydrogens is 548 g/mol. The van der Waals surface area contributed by atoms with Gasteiger partial charge in [0.25, 0.3) is 0 Å². The lowest BCUT2D eigenvalue weighted by atomic mass is 9.99. The molecule has 0 rings (SSSR count). The minimum Gasteiger partial charge on any atom is -0.462 e. The smallest absolute Gasteiger partial charge is 0.306 e. The van der Waals surface area contributed by atoms with Gasteiger partial charge in [-0.25, -0.2) is 0 Å². The molecule has 0 aromatic carbocycles. The van der Waals surface area contributed by atoms with Crippen molar-refractivity contribution in [3.05, 3.63) is 0 Å². The van der Waals surface area contributed by atoms with Crippen molar-refractivity contribution in [2.24, 2.45) is 5.92 Å². The SMILES string of the molecule is CCCCCCCCCCCCCCCCCCC(=O)OC[C@H](CO)OC(=O)CCCCCCCCCCCCC(C)CC. The number of carbonyl (C=O) groups is 2. The maximum atomic E-state index is 12.1. The van der Waals surface area contributed by atoms with Crippen LogP contribution in [0.25, 0.3) is 0 Å². The Morgan fingerprint density at radius 2 is 0.886 bits per heavy atom. The van der Waals surface area contributed by atoms with E-state index < -0.39 is 6.10 Å². The third-order valence-corrected chi connectivity index (χ3v) is 9.19. The lowest BCUT2D eigenvalue weighted by molar-refractivity contribution is -0.161. The highest BCUT2D eigenvalue weighted by molar-refractivity contribution is 5.70. The van der Waals surface area contributed by atoms with E-state index in [2.05, 4.69) is 20.8 Å².